The molecule has 0 aliphatic heterocycles. The van der Waals surface area contributed by atoms with Gasteiger partial charge in [-0.2, -0.15) is 5.10 Å². The molecule has 1 aromatic carbocycles. The predicted molar refractivity (Wildman–Crippen MR) is 82.8 cm³/mol. The molecule has 6 heteroatoms. The van der Waals surface area contributed by atoms with E-state index in [0.717, 1.165) is 16.6 Å². The topological polar surface area (TPSA) is 70.7 Å². The highest BCUT2D eigenvalue weighted by molar-refractivity contribution is 6.35. The van der Waals surface area contributed by atoms with E-state index < -0.39 is 0 Å². The Morgan fingerprint density at radius 3 is 2.76 bits per heavy atom. The van der Waals surface area contributed by atoms with E-state index in [0.29, 0.717) is 16.4 Å². The molecular weight excluding hydrogens is 288 g/mol. The van der Waals surface area contributed by atoms with Crippen molar-refractivity contribution in [3.63, 3.8) is 0 Å². The summed E-state index contributed by atoms with van der Waals surface area (Å²) in [5.41, 5.74) is 2.76. The Bertz CT molecular complexity index is 841. The zero-order valence-electron chi connectivity index (χ0n) is 11.6. The highest BCUT2D eigenvalue weighted by Crippen LogP contribution is 2.23. The van der Waals surface area contributed by atoms with E-state index in [1.165, 1.54) is 0 Å². The second-order valence-corrected chi connectivity index (χ2v) is 5.19. The zero-order chi connectivity index (χ0) is 15.0. The first-order valence-electron chi connectivity index (χ1n) is 6.44. The van der Waals surface area contributed by atoms with Gasteiger partial charge in [-0.15, -0.1) is 0 Å². The number of halogens is 1. The van der Waals surface area contributed by atoms with Crippen molar-refractivity contribution in [1.82, 2.24) is 15.2 Å². The smallest absolute Gasteiger partial charge is 0.275 e. The summed E-state index contributed by atoms with van der Waals surface area (Å²) >= 11 is 6.20. The highest BCUT2D eigenvalue weighted by Gasteiger charge is 2.14. The van der Waals surface area contributed by atoms with Crippen molar-refractivity contribution in [2.45, 2.75) is 13.8 Å². The Morgan fingerprint density at radius 1 is 1.29 bits per heavy atom. The number of fused-ring (bicyclic) bond motifs is 1. The number of carbonyl (C=O) groups excluding carboxylic acids is 1. The fourth-order valence-electron chi connectivity index (χ4n) is 2.03. The van der Waals surface area contributed by atoms with E-state index in [1.54, 1.807) is 6.07 Å². The lowest BCUT2D eigenvalue weighted by Gasteiger charge is -2.06. The summed E-state index contributed by atoms with van der Waals surface area (Å²) in [7, 11) is 0. The molecule has 0 aliphatic carbocycles. The van der Waals surface area contributed by atoms with Gasteiger partial charge < -0.3 is 5.32 Å². The summed E-state index contributed by atoms with van der Waals surface area (Å²) < 4.78 is 0. The molecule has 1 amide bonds. The third-order valence-electron chi connectivity index (χ3n) is 3.38. The van der Waals surface area contributed by atoms with Gasteiger partial charge in [-0.1, -0.05) is 29.8 Å². The number of anilines is 1. The average Bonchev–Trinajstić information content (AvgIpc) is 2.79. The summed E-state index contributed by atoms with van der Waals surface area (Å²) in [6.07, 6.45) is 0. The number of aromatic nitrogens is 3. The number of hydrogen-bond donors (Lipinski definition) is 2. The Morgan fingerprint density at radius 2 is 2.05 bits per heavy atom. The monoisotopic (exact) mass is 300 g/mol. The van der Waals surface area contributed by atoms with E-state index in [2.05, 4.69) is 20.5 Å². The molecular formula is C15H13ClN4O. The molecule has 21 heavy (non-hydrogen) atoms. The number of amides is 1. The largest absolute Gasteiger partial charge is 0.304 e. The Hall–Kier alpha value is -2.40. The van der Waals surface area contributed by atoms with Gasteiger partial charge in [-0.05, 0) is 26.0 Å². The molecule has 2 aromatic heterocycles. The molecule has 0 unspecified atom stereocenters. The number of rotatable bonds is 2. The summed E-state index contributed by atoms with van der Waals surface area (Å²) in [6, 6.07) is 8.99. The van der Waals surface area contributed by atoms with Gasteiger partial charge in [-0.25, -0.2) is 4.98 Å². The van der Waals surface area contributed by atoms with Crippen LogP contribution in [-0.2, 0) is 0 Å². The van der Waals surface area contributed by atoms with E-state index in [1.807, 2.05) is 38.1 Å². The molecule has 0 bridgehead atoms. The number of aromatic amines is 1. The molecule has 5 nitrogen and oxygen atoms in total. The van der Waals surface area contributed by atoms with Crippen molar-refractivity contribution in [3.8, 4) is 0 Å². The fraction of sp³-hybridized carbons (Fsp3) is 0.133. The molecule has 2 heterocycles. The van der Waals surface area contributed by atoms with Crippen molar-refractivity contribution >= 4 is 34.2 Å². The Kier molecular flexibility index (Phi) is 3.35. The van der Waals surface area contributed by atoms with Crippen molar-refractivity contribution in [2.24, 2.45) is 0 Å². The van der Waals surface area contributed by atoms with Crippen LogP contribution < -0.4 is 5.32 Å². The van der Waals surface area contributed by atoms with Gasteiger partial charge in [0.1, 0.15) is 5.69 Å². The van der Waals surface area contributed by atoms with Crippen LogP contribution in [0.15, 0.2) is 30.3 Å². The fourth-order valence-corrected chi connectivity index (χ4v) is 2.29. The van der Waals surface area contributed by atoms with Crippen molar-refractivity contribution in [2.75, 3.05) is 5.32 Å². The number of H-pyrrole nitrogens is 1. The first kappa shape index (κ1) is 13.6. The van der Waals surface area contributed by atoms with Crippen LogP contribution in [0.1, 0.15) is 21.7 Å². The van der Waals surface area contributed by atoms with E-state index >= 15 is 0 Å². The number of para-hydroxylation sites is 1. The molecule has 0 aliphatic rings. The van der Waals surface area contributed by atoms with Crippen LogP contribution in [-0.4, -0.2) is 21.1 Å². The Labute approximate surface area is 126 Å². The molecule has 3 aromatic rings. The third-order valence-corrected chi connectivity index (χ3v) is 3.70. The first-order chi connectivity index (χ1) is 10.1. The molecule has 2 N–H and O–H groups in total. The predicted octanol–water partition coefficient (Wildman–Crippen LogP) is 3.48. The quantitative estimate of drug-likeness (QED) is 0.761. The van der Waals surface area contributed by atoms with E-state index in [4.69, 9.17) is 11.6 Å². The molecule has 0 fully saturated rings. The lowest BCUT2D eigenvalue weighted by Crippen LogP contribution is -2.14. The Balaban J connectivity index is 1.96. The van der Waals surface area contributed by atoms with Gasteiger partial charge in [-0.3, -0.25) is 9.89 Å². The lowest BCUT2D eigenvalue weighted by atomic mass is 10.2. The first-order valence-corrected chi connectivity index (χ1v) is 6.82. The van der Waals surface area contributed by atoms with E-state index in [-0.39, 0.29) is 11.6 Å². The number of aryl methyl sites for hydroxylation is 1. The van der Waals surface area contributed by atoms with Crippen LogP contribution >= 0.6 is 11.6 Å². The van der Waals surface area contributed by atoms with Crippen molar-refractivity contribution in [1.29, 1.82) is 0 Å². The molecule has 0 atom stereocenters. The maximum Gasteiger partial charge on any atom is 0.275 e. The van der Waals surface area contributed by atoms with Crippen LogP contribution in [0.5, 0.6) is 0 Å². The minimum atomic E-state index is -0.336. The standard InChI is InChI=1S/C15H13ClN4O/c1-8-9(2)19-20-14(8)18-15(21)13-7-11(16)10-5-3-4-6-12(10)17-13/h3-7H,1-2H3,(H2,18,19,20,21). The number of carbonyl (C=O) groups is 1. The minimum Gasteiger partial charge on any atom is -0.304 e. The lowest BCUT2D eigenvalue weighted by molar-refractivity contribution is 0.102. The number of pyridine rings is 1. The number of nitrogens with one attached hydrogen (secondary N) is 2. The van der Waals surface area contributed by atoms with Gasteiger partial charge in [0.2, 0.25) is 0 Å². The van der Waals surface area contributed by atoms with Crippen LogP contribution in [0.3, 0.4) is 0 Å². The molecule has 0 spiro atoms. The van der Waals surface area contributed by atoms with Crippen LogP contribution in [0.2, 0.25) is 5.02 Å². The average molecular weight is 301 g/mol. The molecule has 0 saturated carbocycles. The number of nitrogens with zero attached hydrogens (tertiary/aromatic N) is 2. The second kappa shape index (κ2) is 5.18. The number of hydrogen-bond acceptors (Lipinski definition) is 3. The van der Waals surface area contributed by atoms with Gasteiger partial charge in [0.05, 0.1) is 10.5 Å². The zero-order valence-corrected chi connectivity index (χ0v) is 12.3. The molecule has 0 saturated heterocycles. The molecule has 0 radical (unpaired) electrons. The molecule has 106 valence electrons. The summed E-state index contributed by atoms with van der Waals surface area (Å²) in [6.45, 7) is 3.78. The molecule has 3 rings (SSSR count). The van der Waals surface area contributed by atoms with Gasteiger partial charge >= 0.3 is 0 Å². The highest BCUT2D eigenvalue weighted by atomic mass is 35.5. The summed E-state index contributed by atoms with van der Waals surface area (Å²) in [4.78, 5) is 16.6. The van der Waals surface area contributed by atoms with Crippen LogP contribution in [0.4, 0.5) is 5.82 Å². The van der Waals surface area contributed by atoms with Gasteiger partial charge in [0.15, 0.2) is 5.82 Å². The SMILES string of the molecule is Cc1[nH]nc(NC(=O)c2cc(Cl)c3ccccc3n2)c1C. The second-order valence-electron chi connectivity index (χ2n) is 4.78. The normalized spacial score (nSPS) is 10.8. The minimum absolute atomic E-state index is 0.263. The summed E-state index contributed by atoms with van der Waals surface area (Å²) in [5, 5.41) is 10.9. The van der Waals surface area contributed by atoms with Crippen molar-refractivity contribution < 1.29 is 4.79 Å². The van der Waals surface area contributed by atoms with Gasteiger partial charge in [0.25, 0.3) is 5.91 Å². The maximum atomic E-state index is 12.3. The summed E-state index contributed by atoms with van der Waals surface area (Å²) in [5.74, 6) is 0.167. The van der Waals surface area contributed by atoms with Crippen LogP contribution in [0, 0.1) is 13.8 Å². The van der Waals surface area contributed by atoms with E-state index in [9.17, 15) is 4.79 Å². The third kappa shape index (κ3) is 2.48. The van der Waals surface area contributed by atoms with Gasteiger partial charge in [0, 0.05) is 16.6 Å². The van der Waals surface area contributed by atoms with Crippen molar-refractivity contribution in [3.05, 3.63) is 52.3 Å². The van der Waals surface area contributed by atoms with Crippen LogP contribution in [0.25, 0.3) is 10.9 Å². The number of benzene rings is 1. The maximum absolute atomic E-state index is 12.3.